The summed E-state index contributed by atoms with van der Waals surface area (Å²) in [5, 5.41) is 20.2. The first kappa shape index (κ1) is 24.9. The fraction of sp³-hybridized carbons (Fsp3) is 0.560. The molecule has 7 atom stereocenters. The molecule has 8 nitrogen and oxygen atoms in total. The molecule has 1 unspecified atom stereocenters. The number of alkyl halides is 1. The van der Waals surface area contributed by atoms with Gasteiger partial charge in [0.25, 0.3) is 0 Å². The van der Waals surface area contributed by atoms with E-state index in [4.69, 9.17) is 4.74 Å². The van der Waals surface area contributed by atoms with Crippen LogP contribution in [0.25, 0.3) is 0 Å². The predicted molar refractivity (Wildman–Crippen MR) is 128 cm³/mol. The second-order valence-electron chi connectivity index (χ2n) is 9.73. The van der Waals surface area contributed by atoms with Crippen molar-refractivity contribution >= 4 is 33.7 Å². The van der Waals surface area contributed by atoms with Crippen molar-refractivity contribution in [3.63, 3.8) is 0 Å². The van der Waals surface area contributed by atoms with Crippen LogP contribution in [0.4, 0.5) is 0 Å². The number of ether oxygens (including phenoxy) is 1. The molecule has 2 bridgehead atoms. The van der Waals surface area contributed by atoms with E-state index in [1.807, 2.05) is 44.2 Å². The van der Waals surface area contributed by atoms with Gasteiger partial charge in [-0.05, 0) is 17.9 Å². The topological polar surface area (TPSA) is 107 Å². The Morgan fingerprint density at radius 3 is 2.59 bits per heavy atom. The van der Waals surface area contributed by atoms with E-state index in [1.54, 1.807) is 11.0 Å². The molecule has 0 aromatic heterocycles. The van der Waals surface area contributed by atoms with Crippen LogP contribution in [0.2, 0.25) is 0 Å². The van der Waals surface area contributed by atoms with Gasteiger partial charge in [0.15, 0.2) is 0 Å². The van der Waals surface area contributed by atoms with Gasteiger partial charge in [-0.1, -0.05) is 66.2 Å². The summed E-state index contributed by atoms with van der Waals surface area (Å²) in [5.74, 6) is -4.06. The maximum absolute atomic E-state index is 14.2. The lowest BCUT2D eigenvalue weighted by atomic mass is 9.70. The molecular formula is C25H31BrN2O6. The van der Waals surface area contributed by atoms with Crippen molar-refractivity contribution in [2.75, 3.05) is 13.2 Å². The van der Waals surface area contributed by atoms with E-state index >= 15 is 0 Å². The number of carboxylic acid groups (broad SMARTS) is 1. The normalized spacial score (nSPS) is 32.7. The molecular weight excluding hydrogens is 504 g/mol. The summed E-state index contributed by atoms with van der Waals surface area (Å²) in [7, 11) is 0. The molecule has 1 aromatic carbocycles. The van der Waals surface area contributed by atoms with Crippen molar-refractivity contribution in [3.05, 3.63) is 48.6 Å². The van der Waals surface area contributed by atoms with Gasteiger partial charge in [0.05, 0.1) is 30.6 Å². The number of benzene rings is 1. The van der Waals surface area contributed by atoms with Crippen LogP contribution in [0.1, 0.15) is 25.8 Å². The molecule has 34 heavy (non-hydrogen) atoms. The molecule has 2 N–H and O–H groups in total. The first-order chi connectivity index (χ1) is 16.2. The van der Waals surface area contributed by atoms with Crippen LogP contribution in [0.5, 0.6) is 0 Å². The summed E-state index contributed by atoms with van der Waals surface area (Å²) in [6, 6.07) is 7.82. The molecule has 184 valence electrons. The number of aliphatic hydroxyl groups excluding tert-OH is 1. The molecule has 1 aromatic rings. The number of aliphatic hydroxyl groups is 1. The molecule has 3 fully saturated rings. The van der Waals surface area contributed by atoms with Gasteiger partial charge >= 0.3 is 5.97 Å². The molecule has 3 heterocycles. The molecule has 2 amide bonds. The number of hydrogen-bond donors (Lipinski definition) is 2. The zero-order valence-corrected chi connectivity index (χ0v) is 20.9. The van der Waals surface area contributed by atoms with E-state index in [1.165, 1.54) is 4.90 Å². The smallest absolute Gasteiger partial charge is 0.310 e. The van der Waals surface area contributed by atoms with Crippen LogP contribution >= 0.6 is 15.9 Å². The van der Waals surface area contributed by atoms with Gasteiger partial charge in [0.1, 0.15) is 11.6 Å². The Morgan fingerprint density at radius 2 is 2.03 bits per heavy atom. The van der Waals surface area contributed by atoms with Crippen molar-refractivity contribution in [2.45, 2.75) is 55.4 Å². The van der Waals surface area contributed by atoms with E-state index in [9.17, 15) is 24.6 Å². The molecule has 3 aliphatic heterocycles. The number of hydrogen-bond acceptors (Lipinski definition) is 5. The highest BCUT2D eigenvalue weighted by Gasteiger charge is 2.77. The first-order valence-corrected chi connectivity index (χ1v) is 12.5. The third-order valence-electron chi connectivity index (χ3n) is 7.44. The Bertz CT molecular complexity index is 971. The quantitative estimate of drug-likeness (QED) is 0.371. The van der Waals surface area contributed by atoms with Gasteiger partial charge < -0.3 is 24.7 Å². The minimum atomic E-state index is -1.27. The average Bonchev–Trinajstić information content (AvgIpc) is 3.38. The average molecular weight is 535 g/mol. The highest BCUT2D eigenvalue weighted by atomic mass is 79.9. The van der Waals surface area contributed by atoms with Crippen molar-refractivity contribution < 1.29 is 29.3 Å². The number of likely N-dealkylation sites (tertiary alicyclic amines) is 1. The van der Waals surface area contributed by atoms with Gasteiger partial charge in [-0.25, -0.2) is 0 Å². The second-order valence-corrected chi connectivity index (χ2v) is 10.9. The molecule has 3 aliphatic rings. The molecule has 0 radical (unpaired) electrons. The summed E-state index contributed by atoms with van der Waals surface area (Å²) in [6.07, 6.45) is 1.27. The van der Waals surface area contributed by atoms with E-state index in [2.05, 4.69) is 22.5 Å². The SMILES string of the molecule is C=CCN(Cc1ccccc1)C(=O)[C@H]1N([C@@H](CO)C(C)C)C(=O)[C@@H]2[C@@H](C(=O)O)[C@@H]3O[C@@]21CC3Br. The lowest BCUT2D eigenvalue weighted by Gasteiger charge is -2.40. The predicted octanol–water partition coefficient (Wildman–Crippen LogP) is 2.05. The number of aliphatic carboxylic acids is 1. The van der Waals surface area contributed by atoms with Crippen molar-refractivity contribution in [1.29, 1.82) is 0 Å². The van der Waals surface area contributed by atoms with E-state index < -0.39 is 47.5 Å². The summed E-state index contributed by atoms with van der Waals surface area (Å²) >= 11 is 3.55. The number of amides is 2. The Hall–Kier alpha value is -2.23. The number of carbonyl (C=O) groups is 3. The summed E-state index contributed by atoms with van der Waals surface area (Å²) in [6.45, 7) is 7.75. The van der Waals surface area contributed by atoms with E-state index in [0.717, 1.165) is 5.56 Å². The lowest BCUT2D eigenvalue weighted by Crippen LogP contribution is -2.59. The Kier molecular flexibility index (Phi) is 6.90. The van der Waals surface area contributed by atoms with Gasteiger partial charge in [-0.2, -0.15) is 0 Å². The van der Waals surface area contributed by atoms with Gasteiger partial charge in [-0.15, -0.1) is 6.58 Å². The number of fused-ring (bicyclic) bond motifs is 1. The van der Waals surface area contributed by atoms with Gasteiger partial charge in [0.2, 0.25) is 11.8 Å². The fourth-order valence-corrected chi connectivity index (χ4v) is 6.91. The Morgan fingerprint density at radius 1 is 1.35 bits per heavy atom. The van der Waals surface area contributed by atoms with Crippen molar-refractivity contribution in [3.8, 4) is 0 Å². The molecule has 4 rings (SSSR count). The third kappa shape index (κ3) is 3.78. The summed E-state index contributed by atoms with van der Waals surface area (Å²) in [4.78, 5) is 43.0. The van der Waals surface area contributed by atoms with Crippen LogP contribution in [0.15, 0.2) is 43.0 Å². The Labute approximate surface area is 207 Å². The van der Waals surface area contributed by atoms with E-state index in [0.29, 0.717) is 13.0 Å². The summed E-state index contributed by atoms with van der Waals surface area (Å²) in [5.41, 5.74) is -0.349. The van der Waals surface area contributed by atoms with Gasteiger partial charge in [-0.3, -0.25) is 14.4 Å². The standard InChI is InChI=1S/C25H31BrN2O6/c1-4-10-27(12-15-8-6-5-7-9-15)23(31)21-25-11-16(26)20(34-25)18(24(32)33)19(25)22(30)28(21)17(13-29)14(2)3/h4-9,14,16-21,29H,1,10-13H2,2-3H3,(H,32,33)/t16?,17-,18+,19-,20+,21+,25-/m0/s1. The van der Waals surface area contributed by atoms with Crippen LogP contribution < -0.4 is 0 Å². The zero-order chi connectivity index (χ0) is 24.8. The zero-order valence-electron chi connectivity index (χ0n) is 19.3. The molecule has 9 heteroatoms. The largest absolute Gasteiger partial charge is 0.481 e. The number of carboxylic acids is 1. The Balaban J connectivity index is 1.80. The van der Waals surface area contributed by atoms with Crippen LogP contribution in [-0.4, -0.2) is 79.6 Å². The van der Waals surface area contributed by atoms with Gasteiger partial charge in [0, 0.05) is 17.9 Å². The van der Waals surface area contributed by atoms with Crippen LogP contribution in [-0.2, 0) is 25.7 Å². The molecule has 0 aliphatic carbocycles. The fourth-order valence-electron chi connectivity index (χ4n) is 5.97. The number of halogens is 1. The lowest BCUT2D eigenvalue weighted by molar-refractivity contribution is -0.154. The minimum absolute atomic E-state index is 0.151. The maximum Gasteiger partial charge on any atom is 0.310 e. The number of carbonyl (C=O) groups excluding carboxylic acids is 2. The van der Waals surface area contributed by atoms with Crippen LogP contribution in [0.3, 0.4) is 0 Å². The van der Waals surface area contributed by atoms with Crippen molar-refractivity contribution in [2.24, 2.45) is 17.8 Å². The third-order valence-corrected chi connectivity index (χ3v) is 8.28. The minimum Gasteiger partial charge on any atom is -0.481 e. The highest BCUT2D eigenvalue weighted by molar-refractivity contribution is 9.09. The second kappa shape index (κ2) is 9.43. The molecule has 1 spiro atoms. The maximum atomic E-state index is 14.2. The molecule has 3 saturated heterocycles. The van der Waals surface area contributed by atoms with E-state index in [-0.39, 0.29) is 29.8 Å². The monoisotopic (exact) mass is 534 g/mol. The van der Waals surface area contributed by atoms with Crippen LogP contribution in [0, 0.1) is 17.8 Å². The first-order valence-electron chi connectivity index (χ1n) is 11.6. The van der Waals surface area contributed by atoms with Crippen molar-refractivity contribution in [1.82, 2.24) is 9.80 Å². The number of nitrogens with zero attached hydrogens (tertiary/aromatic N) is 2. The highest BCUT2D eigenvalue weighted by Crippen LogP contribution is 2.60. The summed E-state index contributed by atoms with van der Waals surface area (Å²) < 4.78 is 6.31. The number of rotatable bonds is 9. The molecule has 0 saturated carbocycles.